The van der Waals surface area contributed by atoms with Gasteiger partial charge in [0.2, 0.25) is 0 Å². The minimum Gasteiger partial charge on any atom is -0.378 e. The summed E-state index contributed by atoms with van der Waals surface area (Å²) in [4.78, 5) is 14.7. The molecule has 1 unspecified atom stereocenters. The van der Waals surface area contributed by atoms with Crippen LogP contribution >= 0.6 is 0 Å². The molecule has 0 radical (unpaired) electrons. The summed E-state index contributed by atoms with van der Waals surface area (Å²) >= 11 is 0. The monoisotopic (exact) mass is 403 g/mol. The van der Waals surface area contributed by atoms with Crippen molar-refractivity contribution in [1.29, 1.82) is 0 Å². The van der Waals surface area contributed by atoms with Crippen molar-refractivity contribution in [2.75, 3.05) is 37.8 Å². The van der Waals surface area contributed by atoms with E-state index < -0.39 is 9.84 Å². The fraction of sp³-hybridized carbons (Fsp3) is 0.500. The number of carbonyl (C=O) groups excluding carboxylic acids is 1. The molecule has 2 aliphatic rings. The van der Waals surface area contributed by atoms with E-state index in [-0.39, 0.29) is 23.5 Å². The van der Waals surface area contributed by atoms with Crippen LogP contribution in [0.15, 0.2) is 24.3 Å². The molecule has 2 fully saturated rings. The van der Waals surface area contributed by atoms with Crippen LogP contribution in [0.25, 0.3) is 11.3 Å². The molecule has 0 aliphatic carbocycles. The third-order valence-electron chi connectivity index (χ3n) is 5.61. The number of aryl methyl sites for hydroxylation is 2. The molecule has 0 N–H and O–H groups in total. The van der Waals surface area contributed by atoms with Gasteiger partial charge in [0.1, 0.15) is 0 Å². The van der Waals surface area contributed by atoms with Gasteiger partial charge < -0.3 is 9.64 Å². The van der Waals surface area contributed by atoms with E-state index in [9.17, 15) is 13.2 Å². The molecular weight excluding hydrogens is 378 g/mol. The molecule has 7 nitrogen and oxygen atoms in total. The van der Waals surface area contributed by atoms with Crippen molar-refractivity contribution in [3.8, 4) is 11.3 Å². The van der Waals surface area contributed by atoms with Crippen molar-refractivity contribution in [1.82, 2.24) is 14.7 Å². The first-order valence-corrected chi connectivity index (χ1v) is 11.4. The van der Waals surface area contributed by atoms with Crippen LogP contribution < -0.4 is 0 Å². The van der Waals surface area contributed by atoms with E-state index in [1.54, 1.807) is 15.6 Å². The minimum absolute atomic E-state index is 0.0672. The summed E-state index contributed by atoms with van der Waals surface area (Å²) in [5, 5.41) is 4.58. The van der Waals surface area contributed by atoms with Crippen molar-refractivity contribution >= 4 is 15.7 Å². The molecule has 8 heteroatoms. The second-order valence-corrected chi connectivity index (χ2v) is 9.85. The molecule has 1 aromatic carbocycles. The smallest absolute Gasteiger partial charge is 0.274 e. The Hall–Kier alpha value is -2.19. The van der Waals surface area contributed by atoms with E-state index in [2.05, 4.69) is 11.2 Å². The van der Waals surface area contributed by atoms with Crippen molar-refractivity contribution in [3.05, 3.63) is 41.1 Å². The number of hydrogen-bond donors (Lipinski definition) is 0. The molecule has 2 aromatic rings. The lowest BCUT2D eigenvalue weighted by Crippen LogP contribution is -2.40. The summed E-state index contributed by atoms with van der Waals surface area (Å²) in [5.74, 6) is 0.0990. The maximum absolute atomic E-state index is 12.9. The average molecular weight is 404 g/mol. The zero-order valence-corrected chi connectivity index (χ0v) is 17.0. The van der Waals surface area contributed by atoms with Crippen molar-refractivity contribution in [3.63, 3.8) is 0 Å². The number of nitrogens with zero attached hydrogens (tertiary/aromatic N) is 3. The topological polar surface area (TPSA) is 81.5 Å². The zero-order valence-electron chi connectivity index (χ0n) is 16.2. The quantitative estimate of drug-likeness (QED) is 0.783. The summed E-state index contributed by atoms with van der Waals surface area (Å²) in [6.45, 7) is 6.23. The van der Waals surface area contributed by atoms with Gasteiger partial charge in [0, 0.05) is 18.7 Å². The Morgan fingerprint density at radius 2 is 1.89 bits per heavy atom. The van der Waals surface area contributed by atoms with Gasteiger partial charge in [0.15, 0.2) is 15.5 Å². The average Bonchev–Trinajstić information content (AvgIpc) is 3.27. The second-order valence-electron chi connectivity index (χ2n) is 7.62. The van der Waals surface area contributed by atoms with Gasteiger partial charge in [-0.2, -0.15) is 5.10 Å². The Kier molecular flexibility index (Phi) is 5.01. The third kappa shape index (κ3) is 3.71. The SMILES string of the molecule is Cc1ccc(-c2cc(C(=O)N3CCOCC3)nn2C2CCS(=O)(=O)C2)cc1C. The third-order valence-corrected chi connectivity index (χ3v) is 7.36. The van der Waals surface area contributed by atoms with Gasteiger partial charge in [-0.15, -0.1) is 0 Å². The standard InChI is InChI=1S/C20H25N3O4S/c1-14-3-4-16(11-15(14)2)19-12-18(20(24)22-6-8-27-9-7-22)21-23(19)17-5-10-28(25,26)13-17/h3-4,11-12,17H,5-10,13H2,1-2H3. The first-order chi connectivity index (χ1) is 13.3. The molecule has 0 spiro atoms. The highest BCUT2D eigenvalue weighted by Crippen LogP contribution is 2.31. The number of hydrogen-bond acceptors (Lipinski definition) is 5. The van der Waals surface area contributed by atoms with E-state index in [1.165, 1.54) is 5.56 Å². The molecule has 0 bridgehead atoms. The van der Waals surface area contributed by atoms with Crippen LogP contribution in [0, 0.1) is 13.8 Å². The van der Waals surface area contributed by atoms with Gasteiger partial charge in [0.05, 0.1) is 36.5 Å². The van der Waals surface area contributed by atoms with Crippen LogP contribution in [-0.4, -0.2) is 66.8 Å². The summed E-state index contributed by atoms with van der Waals surface area (Å²) in [5.41, 5.74) is 4.43. The lowest BCUT2D eigenvalue weighted by atomic mass is 10.0. The lowest BCUT2D eigenvalue weighted by molar-refractivity contribution is 0.0298. The lowest BCUT2D eigenvalue weighted by Gasteiger charge is -2.25. The number of sulfone groups is 1. The van der Waals surface area contributed by atoms with Crippen LogP contribution in [0.5, 0.6) is 0 Å². The molecule has 1 atom stereocenters. The number of rotatable bonds is 3. The largest absolute Gasteiger partial charge is 0.378 e. The minimum atomic E-state index is -3.06. The summed E-state index contributed by atoms with van der Waals surface area (Å²) in [6.07, 6.45) is 0.521. The summed E-state index contributed by atoms with van der Waals surface area (Å²) in [6, 6.07) is 7.66. The Morgan fingerprint density at radius 1 is 1.14 bits per heavy atom. The number of morpholine rings is 1. The van der Waals surface area contributed by atoms with Crippen molar-refractivity contribution in [2.24, 2.45) is 0 Å². The van der Waals surface area contributed by atoms with E-state index in [0.29, 0.717) is 38.4 Å². The molecular formula is C20H25N3O4S. The van der Waals surface area contributed by atoms with Crippen LogP contribution in [0.4, 0.5) is 0 Å². The van der Waals surface area contributed by atoms with Crippen molar-refractivity contribution < 1.29 is 17.9 Å². The predicted octanol–water partition coefficient (Wildman–Crippen LogP) is 2.00. The predicted molar refractivity (Wildman–Crippen MR) is 106 cm³/mol. The summed E-state index contributed by atoms with van der Waals surface area (Å²) < 4.78 is 31.1. The molecule has 2 saturated heterocycles. The first kappa shape index (κ1) is 19.1. The van der Waals surface area contributed by atoms with E-state index >= 15 is 0 Å². The molecule has 150 valence electrons. The number of benzene rings is 1. The van der Waals surface area contributed by atoms with E-state index in [1.807, 2.05) is 26.0 Å². The maximum Gasteiger partial charge on any atom is 0.274 e. The Balaban J connectivity index is 1.75. The highest BCUT2D eigenvalue weighted by atomic mass is 32.2. The zero-order chi connectivity index (χ0) is 19.9. The van der Waals surface area contributed by atoms with Gasteiger partial charge in [-0.1, -0.05) is 12.1 Å². The Bertz CT molecular complexity index is 1010. The van der Waals surface area contributed by atoms with Crippen molar-refractivity contribution in [2.45, 2.75) is 26.3 Å². The second kappa shape index (κ2) is 7.33. The maximum atomic E-state index is 12.9. The first-order valence-electron chi connectivity index (χ1n) is 9.59. The highest BCUT2D eigenvalue weighted by Gasteiger charge is 2.33. The van der Waals surface area contributed by atoms with Crippen LogP contribution in [0.2, 0.25) is 0 Å². The number of amides is 1. The van der Waals surface area contributed by atoms with Crippen LogP contribution in [0.3, 0.4) is 0 Å². The van der Waals surface area contributed by atoms with Gasteiger partial charge in [-0.25, -0.2) is 8.42 Å². The molecule has 3 heterocycles. The van der Waals surface area contributed by atoms with Crippen LogP contribution in [-0.2, 0) is 14.6 Å². The Labute approximate surface area is 165 Å². The normalized spacial score (nSPS) is 21.8. The van der Waals surface area contributed by atoms with Gasteiger partial charge >= 0.3 is 0 Å². The fourth-order valence-corrected chi connectivity index (χ4v) is 5.48. The molecule has 0 saturated carbocycles. The summed E-state index contributed by atoms with van der Waals surface area (Å²) in [7, 11) is -3.06. The van der Waals surface area contributed by atoms with E-state index in [0.717, 1.165) is 16.8 Å². The van der Waals surface area contributed by atoms with Gasteiger partial charge in [-0.05, 0) is 43.5 Å². The van der Waals surface area contributed by atoms with Crippen LogP contribution in [0.1, 0.15) is 34.1 Å². The number of ether oxygens (including phenoxy) is 1. The molecule has 4 rings (SSSR count). The molecule has 28 heavy (non-hydrogen) atoms. The molecule has 1 aromatic heterocycles. The number of aromatic nitrogens is 2. The highest BCUT2D eigenvalue weighted by molar-refractivity contribution is 7.91. The number of carbonyl (C=O) groups is 1. The fourth-order valence-electron chi connectivity index (χ4n) is 3.79. The van der Waals surface area contributed by atoms with Gasteiger partial charge in [0.25, 0.3) is 5.91 Å². The Morgan fingerprint density at radius 3 is 2.54 bits per heavy atom. The van der Waals surface area contributed by atoms with Gasteiger partial charge in [-0.3, -0.25) is 9.48 Å². The molecule has 1 amide bonds. The van der Waals surface area contributed by atoms with E-state index in [4.69, 9.17) is 4.74 Å². The molecule has 2 aliphatic heterocycles.